The summed E-state index contributed by atoms with van der Waals surface area (Å²) < 4.78 is 43.9. The van der Waals surface area contributed by atoms with Gasteiger partial charge in [-0.25, -0.2) is 4.98 Å². The van der Waals surface area contributed by atoms with E-state index in [1.54, 1.807) is 6.07 Å². The van der Waals surface area contributed by atoms with Gasteiger partial charge in [0, 0.05) is 13.2 Å². The molecule has 1 aromatic heterocycles. The molecule has 0 bridgehead atoms. The van der Waals surface area contributed by atoms with E-state index in [0.717, 1.165) is 43.3 Å². The number of aromatic nitrogens is 1. The zero-order chi connectivity index (χ0) is 19.4. The number of pyridine rings is 1. The van der Waals surface area contributed by atoms with Crippen molar-refractivity contribution < 1.29 is 22.7 Å². The fourth-order valence-corrected chi connectivity index (χ4v) is 2.82. The summed E-state index contributed by atoms with van der Waals surface area (Å²) in [6.45, 7) is 1.41. The van der Waals surface area contributed by atoms with Crippen LogP contribution in [0.4, 0.5) is 24.5 Å². The van der Waals surface area contributed by atoms with Gasteiger partial charge in [0.2, 0.25) is 0 Å². The molecule has 0 aliphatic carbocycles. The third kappa shape index (κ3) is 5.11. The van der Waals surface area contributed by atoms with Crippen LogP contribution in [0.25, 0.3) is 0 Å². The number of hydrogen-bond donors (Lipinski definition) is 2. The summed E-state index contributed by atoms with van der Waals surface area (Å²) in [5.41, 5.74) is -0.243. The Hall–Kier alpha value is -2.32. The average molecular weight is 400 g/mol. The fraction of sp³-hybridized carbons (Fsp3) is 0.333. The van der Waals surface area contributed by atoms with Crippen LogP contribution in [0.2, 0.25) is 5.02 Å². The van der Waals surface area contributed by atoms with Crippen LogP contribution in [0, 0.1) is 0 Å². The van der Waals surface area contributed by atoms with Crippen molar-refractivity contribution in [1.82, 2.24) is 4.98 Å². The zero-order valence-electron chi connectivity index (χ0n) is 14.1. The Bertz CT molecular complexity index is 806. The molecule has 5 nitrogen and oxygen atoms in total. The van der Waals surface area contributed by atoms with E-state index < -0.39 is 17.6 Å². The second-order valence-electron chi connectivity index (χ2n) is 6.09. The largest absolute Gasteiger partial charge is 0.416 e. The van der Waals surface area contributed by atoms with E-state index in [4.69, 9.17) is 16.3 Å². The maximum atomic E-state index is 12.8. The van der Waals surface area contributed by atoms with E-state index >= 15 is 0 Å². The second kappa shape index (κ2) is 8.14. The molecular formula is C18H17ClF3N3O2. The maximum absolute atomic E-state index is 12.8. The smallest absolute Gasteiger partial charge is 0.381 e. The van der Waals surface area contributed by atoms with Crippen molar-refractivity contribution in [2.24, 2.45) is 0 Å². The Balaban J connectivity index is 1.64. The molecule has 1 aliphatic rings. The third-order valence-electron chi connectivity index (χ3n) is 4.10. The summed E-state index contributed by atoms with van der Waals surface area (Å²) in [5, 5.41) is 5.54. The number of rotatable bonds is 5. The summed E-state index contributed by atoms with van der Waals surface area (Å²) in [6, 6.07) is 5.88. The lowest BCUT2D eigenvalue weighted by Crippen LogP contribution is -2.19. The first kappa shape index (κ1) is 19.4. The van der Waals surface area contributed by atoms with Crippen LogP contribution >= 0.6 is 11.6 Å². The minimum Gasteiger partial charge on any atom is -0.381 e. The SMILES string of the molecule is O=C(Nc1cc(C(F)(F)F)ccc1Cl)c1ccc(NCC2CCCO2)cn1. The van der Waals surface area contributed by atoms with Crippen molar-refractivity contribution in [3.05, 3.63) is 52.8 Å². The van der Waals surface area contributed by atoms with Gasteiger partial charge in [0.1, 0.15) is 5.69 Å². The van der Waals surface area contributed by atoms with Gasteiger partial charge in [0.15, 0.2) is 0 Å². The van der Waals surface area contributed by atoms with Crippen molar-refractivity contribution in [1.29, 1.82) is 0 Å². The lowest BCUT2D eigenvalue weighted by molar-refractivity contribution is -0.137. The Kier molecular flexibility index (Phi) is 5.86. The number of ether oxygens (including phenoxy) is 1. The van der Waals surface area contributed by atoms with Crippen LogP contribution in [0.3, 0.4) is 0 Å². The van der Waals surface area contributed by atoms with Crippen LogP contribution in [0.5, 0.6) is 0 Å². The molecule has 1 aliphatic heterocycles. The van der Waals surface area contributed by atoms with Crippen LogP contribution < -0.4 is 10.6 Å². The number of carbonyl (C=O) groups excluding carboxylic acids is 1. The monoisotopic (exact) mass is 399 g/mol. The Labute approximate surface area is 158 Å². The summed E-state index contributed by atoms with van der Waals surface area (Å²) in [7, 11) is 0. The molecule has 144 valence electrons. The molecule has 0 radical (unpaired) electrons. The predicted octanol–water partition coefficient (Wildman–Crippen LogP) is 4.60. The third-order valence-corrected chi connectivity index (χ3v) is 4.43. The van der Waals surface area contributed by atoms with Gasteiger partial charge in [-0.05, 0) is 43.2 Å². The van der Waals surface area contributed by atoms with Crippen LogP contribution in [0.15, 0.2) is 36.5 Å². The number of nitrogens with one attached hydrogen (secondary N) is 2. The predicted molar refractivity (Wildman–Crippen MR) is 96.1 cm³/mol. The molecular weight excluding hydrogens is 383 g/mol. The highest BCUT2D eigenvalue weighted by molar-refractivity contribution is 6.33. The van der Waals surface area contributed by atoms with Crippen molar-refractivity contribution in [2.45, 2.75) is 25.1 Å². The molecule has 0 spiro atoms. The minimum absolute atomic E-state index is 0.00574. The summed E-state index contributed by atoms with van der Waals surface area (Å²) in [5.74, 6) is -0.651. The van der Waals surface area contributed by atoms with Gasteiger partial charge in [-0.2, -0.15) is 13.2 Å². The topological polar surface area (TPSA) is 63.2 Å². The number of amides is 1. The summed E-state index contributed by atoms with van der Waals surface area (Å²) in [6.07, 6.45) is -0.840. The number of benzene rings is 1. The number of hydrogen-bond acceptors (Lipinski definition) is 4. The molecule has 9 heteroatoms. The van der Waals surface area contributed by atoms with Gasteiger partial charge in [-0.15, -0.1) is 0 Å². The minimum atomic E-state index is -4.53. The fourth-order valence-electron chi connectivity index (χ4n) is 2.65. The molecule has 1 saturated heterocycles. The van der Waals surface area contributed by atoms with Gasteiger partial charge < -0.3 is 15.4 Å². The molecule has 2 N–H and O–H groups in total. The Morgan fingerprint density at radius 3 is 2.74 bits per heavy atom. The van der Waals surface area contributed by atoms with E-state index in [0.29, 0.717) is 6.54 Å². The van der Waals surface area contributed by atoms with Gasteiger partial charge in [-0.3, -0.25) is 4.79 Å². The highest BCUT2D eigenvalue weighted by Crippen LogP contribution is 2.33. The first-order valence-corrected chi connectivity index (χ1v) is 8.70. The molecule has 1 unspecified atom stereocenters. The van der Waals surface area contributed by atoms with Crippen molar-refractivity contribution in [3.63, 3.8) is 0 Å². The molecule has 3 rings (SSSR count). The number of halogens is 4. The van der Waals surface area contributed by atoms with Gasteiger partial charge >= 0.3 is 6.18 Å². The summed E-state index contributed by atoms with van der Waals surface area (Å²) in [4.78, 5) is 16.3. The number of carbonyl (C=O) groups is 1. The van der Waals surface area contributed by atoms with Crippen LogP contribution in [-0.4, -0.2) is 30.1 Å². The molecule has 2 aromatic rings. The first-order valence-electron chi connectivity index (χ1n) is 8.32. The number of nitrogens with zero attached hydrogens (tertiary/aromatic N) is 1. The number of anilines is 2. The van der Waals surface area contributed by atoms with Crippen LogP contribution in [0.1, 0.15) is 28.9 Å². The van der Waals surface area contributed by atoms with E-state index in [-0.39, 0.29) is 22.5 Å². The molecule has 1 fully saturated rings. The van der Waals surface area contributed by atoms with Gasteiger partial charge in [-0.1, -0.05) is 11.6 Å². The molecule has 2 heterocycles. The quantitative estimate of drug-likeness (QED) is 0.771. The first-order chi connectivity index (χ1) is 12.8. The van der Waals surface area contributed by atoms with Gasteiger partial charge in [0.25, 0.3) is 5.91 Å². The number of alkyl halides is 3. The molecule has 0 saturated carbocycles. The van der Waals surface area contributed by atoms with Crippen molar-refractivity contribution in [2.75, 3.05) is 23.8 Å². The lowest BCUT2D eigenvalue weighted by Gasteiger charge is -2.13. The highest BCUT2D eigenvalue weighted by atomic mass is 35.5. The normalized spacial score (nSPS) is 17.0. The van der Waals surface area contributed by atoms with E-state index in [2.05, 4.69) is 15.6 Å². The maximum Gasteiger partial charge on any atom is 0.416 e. The molecule has 1 amide bonds. The Morgan fingerprint density at radius 1 is 1.30 bits per heavy atom. The van der Waals surface area contributed by atoms with Crippen LogP contribution in [-0.2, 0) is 10.9 Å². The molecule has 1 aromatic carbocycles. The zero-order valence-corrected chi connectivity index (χ0v) is 14.9. The van der Waals surface area contributed by atoms with E-state index in [9.17, 15) is 18.0 Å². The van der Waals surface area contributed by atoms with Crippen molar-refractivity contribution >= 4 is 28.9 Å². The summed E-state index contributed by atoms with van der Waals surface area (Å²) >= 11 is 5.88. The van der Waals surface area contributed by atoms with E-state index in [1.807, 2.05) is 0 Å². The average Bonchev–Trinajstić information content (AvgIpc) is 3.15. The molecule has 27 heavy (non-hydrogen) atoms. The Morgan fingerprint density at radius 2 is 2.11 bits per heavy atom. The lowest BCUT2D eigenvalue weighted by atomic mass is 10.2. The standard InChI is InChI=1S/C18H17ClF3N3O2/c19-14-5-3-11(18(20,21)22)8-16(14)25-17(26)15-6-4-12(9-24-15)23-10-13-2-1-7-27-13/h3-6,8-9,13,23H,1-2,7,10H2,(H,25,26). The molecule has 1 atom stereocenters. The van der Waals surface area contributed by atoms with Gasteiger partial charge in [0.05, 0.1) is 34.3 Å². The second-order valence-corrected chi connectivity index (χ2v) is 6.50. The van der Waals surface area contributed by atoms with E-state index in [1.165, 1.54) is 12.3 Å². The van der Waals surface area contributed by atoms with Crippen molar-refractivity contribution in [3.8, 4) is 0 Å². The highest BCUT2D eigenvalue weighted by Gasteiger charge is 2.31.